The number of aliphatic hydroxyl groups excluding tert-OH is 1. The van der Waals surface area contributed by atoms with Crippen molar-refractivity contribution in [1.29, 1.82) is 0 Å². The molecule has 0 spiro atoms. The summed E-state index contributed by atoms with van der Waals surface area (Å²) in [6, 6.07) is 0.794. The van der Waals surface area contributed by atoms with Crippen molar-refractivity contribution in [2.24, 2.45) is 0 Å². The molecule has 0 aliphatic carbocycles. The van der Waals surface area contributed by atoms with Crippen LogP contribution in [0.15, 0.2) is 0 Å². The van der Waals surface area contributed by atoms with E-state index in [0.717, 1.165) is 32.3 Å². The Kier molecular flexibility index (Phi) is 6.22. The summed E-state index contributed by atoms with van der Waals surface area (Å²) in [6.07, 6.45) is 5.95. The smallest absolute Gasteiger partial charge is 0.0589 e. The maximum absolute atomic E-state index is 9.13. The van der Waals surface area contributed by atoms with Crippen molar-refractivity contribution < 1.29 is 9.84 Å². The Morgan fingerprint density at radius 3 is 2.87 bits per heavy atom. The van der Waals surface area contributed by atoms with Crippen LogP contribution < -0.4 is 5.32 Å². The average molecular weight is 215 g/mol. The predicted octanol–water partition coefficient (Wildman–Crippen LogP) is 1.69. The molecule has 3 heteroatoms. The highest BCUT2D eigenvalue weighted by molar-refractivity contribution is 4.79. The molecular weight excluding hydrogens is 190 g/mol. The second-order valence-corrected chi connectivity index (χ2v) is 4.46. The molecule has 1 aliphatic rings. The second-order valence-electron chi connectivity index (χ2n) is 4.46. The Hall–Kier alpha value is -0.120. The van der Waals surface area contributed by atoms with Crippen molar-refractivity contribution in [3.05, 3.63) is 0 Å². The van der Waals surface area contributed by atoms with Crippen LogP contribution in [-0.4, -0.2) is 36.5 Å². The predicted molar refractivity (Wildman–Crippen MR) is 62.0 cm³/mol. The third-order valence-corrected chi connectivity index (χ3v) is 3.16. The molecular formula is C12H25NO2. The number of nitrogens with one attached hydrogen (secondary N) is 1. The first-order valence-corrected chi connectivity index (χ1v) is 6.28. The Bertz CT molecular complexity index is 158. The largest absolute Gasteiger partial charge is 0.395 e. The van der Waals surface area contributed by atoms with Gasteiger partial charge in [-0.2, -0.15) is 0 Å². The van der Waals surface area contributed by atoms with Gasteiger partial charge in [0.1, 0.15) is 0 Å². The summed E-state index contributed by atoms with van der Waals surface area (Å²) in [5.74, 6) is 0. The summed E-state index contributed by atoms with van der Waals surface area (Å²) in [5.41, 5.74) is 0. The quantitative estimate of drug-likeness (QED) is 0.708. The van der Waals surface area contributed by atoms with Gasteiger partial charge in [0.2, 0.25) is 0 Å². The summed E-state index contributed by atoms with van der Waals surface area (Å²) in [7, 11) is 0. The van der Waals surface area contributed by atoms with Gasteiger partial charge in [0, 0.05) is 18.7 Å². The zero-order valence-electron chi connectivity index (χ0n) is 10.0. The minimum atomic E-state index is 0.242. The lowest BCUT2D eigenvalue weighted by atomic mass is 9.99. The fourth-order valence-corrected chi connectivity index (χ4v) is 2.19. The van der Waals surface area contributed by atoms with E-state index in [4.69, 9.17) is 9.84 Å². The zero-order chi connectivity index (χ0) is 11.1. The minimum Gasteiger partial charge on any atom is -0.395 e. The van der Waals surface area contributed by atoms with Crippen LogP contribution in [0.2, 0.25) is 0 Å². The van der Waals surface area contributed by atoms with Crippen LogP contribution >= 0.6 is 0 Å². The molecule has 2 unspecified atom stereocenters. The van der Waals surface area contributed by atoms with Crippen molar-refractivity contribution >= 4 is 0 Å². The number of hydrogen-bond acceptors (Lipinski definition) is 3. The number of aliphatic hydroxyl groups is 1. The molecule has 0 bridgehead atoms. The summed E-state index contributed by atoms with van der Waals surface area (Å²) in [6.45, 7) is 5.41. The number of rotatable bonds is 6. The Balaban J connectivity index is 2.28. The van der Waals surface area contributed by atoms with Crippen molar-refractivity contribution in [2.75, 3.05) is 13.2 Å². The highest BCUT2D eigenvalue weighted by Crippen LogP contribution is 2.18. The van der Waals surface area contributed by atoms with Gasteiger partial charge in [-0.25, -0.2) is 0 Å². The first-order chi connectivity index (χ1) is 7.30. The van der Waals surface area contributed by atoms with E-state index < -0.39 is 0 Å². The van der Waals surface area contributed by atoms with Gasteiger partial charge in [0.15, 0.2) is 0 Å². The first kappa shape index (κ1) is 12.9. The fourth-order valence-electron chi connectivity index (χ4n) is 2.19. The highest BCUT2D eigenvalue weighted by atomic mass is 16.5. The standard InChI is InChI=1S/C12H25NO2/c1-3-5-12-8-11(6-7-15-12)13-10(4-2)9-14/h10-14H,3-9H2,1-2H3/t10-,11?,12?/m1/s1. The lowest BCUT2D eigenvalue weighted by molar-refractivity contribution is -0.00636. The molecule has 0 aromatic rings. The maximum atomic E-state index is 9.13. The Labute approximate surface area is 93.2 Å². The van der Waals surface area contributed by atoms with Gasteiger partial charge in [0.25, 0.3) is 0 Å². The summed E-state index contributed by atoms with van der Waals surface area (Å²) in [5, 5.41) is 12.6. The van der Waals surface area contributed by atoms with Gasteiger partial charge < -0.3 is 15.2 Å². The van der Waals surface area contributed by atoms with Crippen LogP contribution in [0.1, 0.15) is 46.0 Å². The highest BCUT2D eigenvalue weighted by Gasteiger charge is 2.23. The van der Waals surface area contributed by atoms with Crippen LogP contribution in [0.4, 0.5) is 0 Å². The summed E-state index contributed by atoms with van der Waals surface area (Å²) >= 11 is 0. The van der Waals surface area contributed by atoms with E-state index in [1.54, 1.807) is 0 Å². The summed E-state index contributed by atoms with van der Waals surface area (Å²) < 4.78 is 5.69. The molecule has 15 heavy (non-hydrogen) atoms. The van der Waals surface area contributed by atoms with Gasteiger partial charge in [0.05, 0.1) is 12.7 Å². The molecule has 0 amide bonds. The monoisotopic (exact) mass is 215 g/mol. The van der Waals surface area contributed by atoms with Crippen LogP contribution in [0.3, 0.4) is 0 Å². The molecule has 3 nitrogen and oxygen atoms in total. The molecule has 1 aliphatic heterocycles. The van der Waals surface area contributed by atoms with Gasteiger partial charge in [-0.1, -0.05) is 20.3 Å². The molecule has 0 radical (unpaired) electrons. The molecule has 0 aromatic heterocycles. The second kappa shape index (κ2) is 7.20. The van der Waals surface area contributed by atoms with Crippen LogP contribution in [0, 0.1) is 0 Å². The topological polar surface area (TPSA) is 41.5 Å². The minimum absolute atomic E-state index is 0.242. The molecule has 0 aromatic carbocycles. The Morgan fingerprint density at radius 2 is 2.27 bits per heavy atom. The third-order valence-electron chi connectivity index (χ3n) is 3.16. The molecule has 1 heterocycles. The van der Waals surface area contributed by atoms with E-state index in [1.807, 2.05) is 0 Å². The van der Waals surface area contributed by atoms with Crippen LogP contribution in [0.25, 0.3) is 0 Å². The van der Waals surface area contributed by atoms with Gasteiger partial charge >= 0.3 is 0 Å². The zero-order valence-corrected chi connectivity index (χ0v) is 10.0. The lowest BCUT2D eigenvalue weighted by Gasteiger charge is -2.32. The van der Waals surface area contributed by atoms with Gasteiger partial charge in [-0.05, 0) is 25.7 Å². The molecule has 0 saturated carbocycles. The summed E-state index contributed by atoms with van der Waals surface area (Å²) in [4.78, 5) is 0. The molecule has 1 fully saturated rings. The number of hydrogen-bond donors (Lipinski definition) is 2. The normalized spacial score (nSPS) is 29.0. The van der Waals surface area contributed by atoms with E-state index in [-0.39, 0.29) is 12.6 Å². The fraction of sp³-hybridized carbons (Fsp3) is 1.00. The molecule has 2 N–H and O–H groups in total. The van der Waals surface area contributed by atoms with Crippen molar-refractivity contribution in [3.63, 3.8) is 0 Å². The van der Waals surface area contributed by atoms with E-state index in [2.05, 4.69) is 19.2 Å². The van der Waals surface area contributed by atoms with Gasteiger partial charge in [-0.3, -0.25) is 0 Å². The van der Waals surface area contributed by atoms with E-state index in [1.165, 1.54) is 6.42 Å². The molecule has 3 atom stereocenters. The van der Waals surface area contributed by atoms with Crippen LogP contribution in [0.5, 0.6) is 0 Å². The molecule has 90 valence electrons. The van der Waals surface area contributed by atoms with Crippen molar-refractivity contribution in [2.45, 2.75) is 64.1 Å². The van der Waals surface area contributed by atoms with E-state index in [0.29, 0.717) is 12.1 Å². The van der Waals surface area contributed by atoms with Crippen molar-refractivity contribution in [1.82, 2.24) is 5.32 Å². The van der Waals surface area contributed by atoms with E-state index >= 15 is 0 Å². The number of ether oxygens (including phenoxy) is 1. The van der Waals surface area contributed by atoms with E-state index in [9.17, 15) is 0 Å². The van der Waals surface area contributed by atoms with Crippen LogP contribution in [-0.2, 0) is 4.74 Å². The van der Waals surface area contributed by atoms with Gasteiger partial charge in [-0.15, -0.1) is 0 Å². The SMILES string of the molecule is CCCC1CC(N[C@H](CC)CO)CCO1. The first-order valence-electron chi connectivity index (χ1n) is 6.28. The molecule has 1 saturated heterocycles. The third kappa shape index (κ3) is 4.49. The van der Waals surface area contributed by atoms with Crippen molar-refractivity contribution in [3.8, 4) is 0 Å². The average Bonchev–Trinajstić information content (AvgIpc) is 2.27. The molecule has 1 rings (SSSR count). The lowest BCUT2D eigenvalue weighted by Crippen LogP contribution is -2.45. The maximum Gasteiger partial charge on any atom is 0.0589 e. The Morgan fingerprint density at radius 1 is 1.47 bits per heavy atom.